The Kier molecular flexibility index (Phi) is 7.91. The SMILES string of the molecule is [Se]c1cc(Br)cc(CCCCCCBr)c1Br. The third-order valence-electron chi connectivity index (χ3n) is 2.41. The molecule has 1 aromatic rings. The zero-order valence-electron chi connectivity index (χ0n) is 8.94. The van der Waals surface area contributed by atoms with E-state index in [1.165, 1.54) is 40.2 Å². The number of rotatable bonds is 6. The van der Waals surface area contributed by atoms with Crippen molar-refractivity contribution in [1.29, 1.82) is 0 Å². The van der Waals surface area contributed by atoms with Gasteiger partial charge in [0, 0.05) is 0 Å². The zero-order valence-corrected chi connectivity index (χ0v) is 15.4. The van der Waals surface area contributed by atoms with Gasteiger partial charge in [-0.3, -0.25) is 0 Å². The number of halogens is 3. The van der Waals surface area contributed by atoms with Crippen LogP contribution in [0.25, 0.3) is 0 Å². The van der Waals surface area contributed by atoms with Gasteiger partial charge in [0.2, 0.25) is 0 Å². The predicted molar refractivity (Wildman–Crippen MR) is 83.2 cm³/mol. The average molecular weight is 477 g/mol. The molecule has 0 aliphatic rings. The quantitative estimate of drug-likeness (QED) is 0.322. The molecular formula is C12H14Br3Se. The third kappa shape index (κ3) is 5.22. The molecule has 0 bridgehead atoms. The molecule has 0 unspecified atom stereocenters. The molecule has 0 aliphatic carbocycles. The third-order valence-corrected chi connectivity index (χ3v) is 5.63. The van der Waals surface area contributed by atoms with E-state index in [2.05, 4.69) is 75.9 Å². The number of aryl methyl sites for hydroxylation is 1. The Labute approximate surface area is 131 Å². The first kappa shape index (κ1) is 15.2. The van der Waals surface area contributed by atoms with E-state index >= 15 is 0 Å². The van der Waals surface area contributed by atoms with Crippen LogP contribution in [0.5, 0.6) is 0 Å². The van der Waals surface area contributed by atoms with Crippen molar-refractivity contribution in [2.45, 2.75) is 32.1 Å². The average Bonchev–Trinajstić information content (AvgIpc) is 2.24. The van der Waals surface area contributed by atoms with Crippen molar-refractivity contribution in [1.82, 2.24) is 0 Å². The Morgan fingerprint density at radius 2 is 1.69 bits per heavy atom. The van der Waals surface area contributed by atoms with E-state index in [0.29, 0.717) is 0 Å². The van der Waals surface area contributed by atoms with Crippen LogP contribution in [-0.2, 0) is 6.42 Å². The van der Waals surface area contributed by atoms with Crippen LogP contribution >= 0.6 is 47.8 Å². The first-order chi connectivity index (χ1) is 7.65. The van der Waals surface area contributed by atoms with Gasteiger partial charge in [0.1, 0.15) is 0 Å². The van der Waals surface area contributed by atoms with E-state index in [-0.39, 0.29) is 0 Å². The van der Waals surface area contributed by atoms with Gasteiger partial charge >= 0.3 is 132 Å². The van der Waals surface area contributed by atoms with E-state index in [9.17, 15) is 0 Å². The van der Waals surface area contributed by atoms with E-state index in [1.807, 2.05) is 0 Å². The zero-order chi connectivity index (χ0) is 12.0. The maximum atomic E-state index is 3.64. The van der Waals surface area contributed by atoms with Crippen molar-refractivity contribution in [3.8, 4) is 0 Å². The molecule has 0 heterocycles. The Morgan fingerprint density at radius 3 is 2.38 bits per heavy atom. The monoisotopic (exact) mass is 475 g/mol. The molecule has 16 heavy (non-hydrogen) atoms. The molecule has 0 fully saturated rings. The van der Waals surface area contributed by atoms with Gasteiger partial charge in [-0.15, -0.1) is 0 Å². The summed E-state index contributed by atoms with van der Waals surface area (Å²) < 4.78 is 3.56. The summed E-state index contributed by atoms with van der Waals surface area (Å²) in [6.07, 6.45) is 6.33. The second-order valence-electron chi connectivity index (χ2n) is 3.73. The summed E-state index contributed by atoms with van der Waals surface area (Å²) in [4.78, 5) is 0. The van der Waals surface area contributed by atoms with Gasteiger partial charge < -0.3 is 0 Å². The second kappa shape index (κ2) is 8.31. The molecular weight excluding hydrogens is 463 g/mol. The molecule has 1 rings (SSSR count). The van der Waals surface area contributed by atoms with Crippen molar-refractivity contribution < 1.29 is 0 Å². The molecule has 0 aliphatic heterocycles. The molecule has 89 valence electrons. The van der Waals surface area contributed by atoms with E-state index < -0.39 is 0 Å². The number of hydrogen-bond donors (Lipinski definition) is 0. The number of hydrogen-bond acceptors (Lipinski definition) is 0. The summed E-state index contributed by atoms with van der Waals surface area (Å²) in [6.45, 7) is 0. The number of unbranched alkanes of at least 4 members (excludes halogenated alkanes) is 3. The van der Waals surface area contributed by atoms with Crippen LogP contribution in [0, 0.1) is 0 Å². The molecule has 0 atom stereocenters. The van der Waals surface area contributed by atoms with Crippen LogP contribution in [0.3, 0.4) is 0 Å². The van der Waals surface area contributed by atoms with Gasteiger partial charge in [0.05, 0.1) is 0 Å². The summed E-state index contributed by atoms with van der Waals surface area (Å²) in [5, 5.41) is 1.13. The Morgan fingerprint density at radius 1 is 1.00 bits per heavy atom. The van der Waals surface area contributed by atoms with Crippen molar-refractivity contribution in [3.63, 3.8) is 0 Å². The molecule has 0 amide bonds. The molecule has 0 nitrogen and oxygen atoms in total. The summed E-state index contributed by atoms with van der Waals surface area (Å²) in [5.41, 5.74) is 1.39. The fourth-order valence-electron chi connectivity index (χ4n) is 1.56. The molecule has 0 N–H and O–H groups in total. The van der Waals surface area contributed by atoms with Gasteiger partial charge in [-0.2, -0.15) is 0 Å². The van der Waals surface area contributed by atoms with Crippen molar-refractivity contribution in [2.75, 3.05) is 5.33 Å². The number of alkyl halides is 1. The van der Waals surface area contributed by atoms with Gasteiger partial charge in [0.25, 0.3) is 0 Å². The topological polar surface area (TPSA) is 0 Å². The van der Waals surface area contributed by atoms with Crippen molar-refractivity contribution in [2.24, 2.45) is 0 Å². The first-order valence-corrected chi connectivity index (χ1v) is 8.92. The van der Waals surface area contributed by atoms with E-state index in [0.717, 1.165) is 16.2 Å². The van der Waals surface area contributed by atoms with E-state index in [1.54, 1.807) is 0 Å². The van der Waals surface area contributed by atoms with Crippen molar-refractivity contribution in [3.05, 3.63) is 26.6 Å². The Bertz CT molecular complexity index is 339. The maximum absolute atomic E-state index is 3.64. The predicted octanol–water partition coefficient (Wildman–Crippen LogP) is 4.50. The van der Waals surface area contributed by atoms with E-state index in [4.69, 9.17) is 0 Å². The Hall–Kier alpha value is 1.18. The van der Waals surface area contributed by atoms with Crippen LogP contribution in [0.15, 0.2) is 21.1 Å². The van der Waals surface area contributed by atoms with Crippen LogP contribution in [0.1, 0.15) is 31.2 Å². The fourth-order valence-corrected chi connectivity index (χ4v) is 3.78. The van der Waals surface area contributed by atoms with Crippen molar-refractivity contribution >= 4 is 68.3 Å². The Balaban J connectivity index is 2.47. The summed E-state index contributed by atoms with van der Waals surface area (Å²) in [6, 6.07) is 4.30. The molecule has 0 saturated carbocycles. The molecule has 1 radical (unpaired) electrons. The van der Waals surface area contributed by atoms with Gasteiger partial charge in [-0.25, -0.2) is 0 Å². The van der Waals surface area contributed by atoms with Gasteiger partial charge in [-0.1, -0.05) is 0 Å². The molecule has 0 saturated heterocycles. The fraction of sp³-hybridized carbons (Fsp3) is 0.500. The number of benzene rings is 1. The summed E-state index contributed by atoms with van der Waals surface area (Å²) in [5.74, 6) is 0. The minimum atomic E-state index is 1.13. The van der Waals surface area contributed by atoms with Crippen LogP contribution in [-0.4, -0.2) is 21.3 Å². The molecule has 0 aromatic heterocycles. The molecule has 1 aromatic carbocycles. The first-order valence-electron chi connectivity index (χ1n) is 5.36. The van der Waals surface area contributed by atoms with Crippen LogP contribution in [0.4, 0.5) is 0 Å². The summed E-state index contributed by atoms with van der Waals surface area (Å²) in [7, 11) is 0. The summed E-state index contributed by atoms with van der Waals surface area (Å²) >= 11 is 13.7. The molecule has 4 heteroatoms. The second-order valence-corrected chi connectivity index (χ2v) is 7.15. The molecule has 0 spiro atoms. The van der Waals surface area contributed by atoms with Crippen LogP contribution in [0.2, 0.25) is 0 Å². The van der Waals surface area contributed by atoms with Gasteiger partial charge in [-0.05, 0) is 0 Å². The minimum absolute atomic E-state index is 1.13. The standard InChI is InChI=1S/C12H14Br3Se/c13-6-4-2-1-3-5-9-7-10(14)8-11(16)12(9)15/h7-8H,1-6H2. The van der Waals surface area contributed by atoms with Gasteiger partial charge in [0.15, 0.2) is 0 Å². The normalized spacial score (nSPS) is 10.7. The van der Waals surface area contributed by atoms with Crippen LogP contribution < -0.4 is 4.46 Å².